The topological polar surface area (TPSA) is 79.8 Å². The van der Waals surface area contributed by atoms with Crippen molar-refractivity contribution in [2.24, 2.45) is 5.10 Å². The average Bonchev–Trinajstić information content (AvgIpc) is 2.77. The largest absolute Gasteiger partial charge is 0.489 e. The van der Waals surface area contributed by atoms with E-state index in [1.807, 2.05) is 0 Å². The van der Waals surface area contributed by atoms with Crippen LogP contribution in [0.25, 0.3) is 0 Å². The fourth-order valence-electron chi connectivity index (χ4n) is 2.61. The molecule has 2 N–H and O–H groups in total. The molecule has 0 aromatic heterocycles. The van der Waals surface area contributed by atoms with E-state index in [9.17, 15) is 14.0 Å². The second-order valence-electron chi connectivity index (χ2n) is 6.62. The maximum Gasteiger partial charge on any atom is 0.329 e. The number of carbonyl (C=O) groups is 2. The molecule has 0 saturated carbocycles. The van der Waals surface area contributed by atoms with E-state index in [-0.39, 0.29) is 12.2 Å². The number of carbonyl (C=O) groups excluding carboxylic acids is 2. The highest BCUT2D eigenvalue weighted by Crippen LogP contribution is 2.23. The lowest BCUT2D eigenvalue weighted by molar-refractivity contribution is -0.136. The number of hydrazone groups is 1. The van der Waals surface area contributed by atoms with Crippen LogP contribution in [-0.2, 0) is 16.2 Å². The molecule has 0 atom stereocenters. The first kappa shape index (κ1) is 23.2. The van der Waals surface area contributed by atoms with Crippen molar-refractivity contribution in [2.75, 3.05) is 5.32 Å². The van der Waals surface area contributed by atoms with Gasteiger partial charge in [0.25, 0.3) is 0 Å². The van der Waals surface area contributed by atoms with Gasteiger partial charge in [-0.15, -0.1) is 0 Å². The highest BCUT2D eigenvalue weighted by molar-refractivity contribution is 6.40. The van der Waals surface area contributed by atoms with Crippen LogP contribution in [-0.4, -0.2) is 18.0 Å². The molecule has 3 rings (SSSR count). The van der Waals surface area contributed by atoms with E-state index >= 15 is 0 Å². The third kappa shape index (κ3) is 6.06. The first-order valence-corrected chi connectivity index (χ1v) is 10.2. The Hall–Kier alpha value is -3.42. The quantitative estimate of drug-likeness (QED) is 0.296. The number of hydrogen-bond donors (Lipinski definition) is 2. The Bertz CT molecular complexity index is 1150. The van der Waals surface area contributed by atoms with Gasteiger partial charge in [0.2, 0.25) is 0 Å². The Morgan fingerprint density at radius 2 is 1.69 bits per heavy atom. The van der Waals surface area contributed by atoms with Crippen LogP contribution in [0, 0.1) is 12.7 Å². The number of amides is 2. The molecule has 32 heavy (non-hydrogen) atoms. The summed E-state index contributed by atoms with van der Waals surface area (Å²) in [5.74, 6) is -1.74. The molecule has 0 aliphatic carbocycles. The Morgan fingerprint density at radius 3 is 2.41 bits per heavy atom. The van der Waals surface area contributed by atoms with E-state index in [1.165, 1.54) is 18.3 Å². The summed E-state index contributed by atoms with van der Waals surface area (Å²) < 4.78 is 19.3. The van der Waals surface area contributed by atoms with Gasteiger partial charge in [0.05, 0.1) is 11.2 Å². The molecule has 0 saturated heterocycles. The zero-order valence-corrected chi connectivity index (χ0v) is 18.4. The predicted molar refractivity (Wildman–Crippen MR) is 123 cm³/mol. The van der Waals surface area contributed by atoms with Crippen LogP contribution < -0.4 is 15.5 Å². The van der Waals surface area contributed by atoms with Crippen molar-refractivity contribution in [3.8, 4) is 5.75 Å². The van der Waals surface area contributed by atoms with Gasteiger partial charge < -0.3 is 10.1 Å². The summed E-state index contributed by atoms with van der Waals surface area (Å²) in [6, 6.07) is 16.1. The number of benzene rings is 3. The molecular weight excluding hydrogens is 456 g/mol. The first-order chi connectivity index (χ1) is 15.3. The summed E-state index contributed by atoms with van der Waals surface area (Å²) in [6.07, 6.45) is 1.37. The van der Waals surface area contributed by atoms with E-state index in [4.69, 9.17) is 27.9 Å². The minimum Gasteiger partial charge on any atom is -0.489 e. The molecule has 9 heteroatoms. The first-order valence-electron chi connectivity index (χ1n) is 9.40. The average molecular weight is 474 g/mol. The lowest BCUT2D eigenvalue weighted by Gasteiger charge is -2.09. The van der Waals surface area contributed by atoms with Gasteiger partial charge in [-0.3, -0.25) is 9.59 Å². The van der Waals surface area contributed by atoms with Crippen LogP contribution in [0.1, 0.15) is 16.7 Å². The highest BCUT2D eigenvalue weighted by Gasteiger charge is 2.14. The molecular formula is C23H18Cl2FN3O3. The Balaban J connectivity index is 1.51. The van der Waals surface area contributed by atoms with E-state index in [0.717, 1.165) is 0 Å². The number of rotatable bonds is 6. The van der Waals surface area contributed by atoms with Crippen LogP contribution in [0.5, 0.6) is 5.75 Å². The number of nitrogens with one attached hydrogen (secondary N) is 2. The van der Waals surface area contributed by atoms with Gasteiger partial charge in [-0.1, -0.05) is 35.3 Å². The third-order valence-corrected chi connectivity index (χ3v) is 5.19. The van der Waals surface area contributed by atoms with Gasteiger partial charge in [-0.25, -0.2) is 9.82 Å². The fourth-order valence-corrected chi connectivity index (χ4v) is 3.01. The van der Waals surface area contributed by atoms with Crippen LogP contribution in [0.3, 0.4) is 0 Å². The van der Waals surface area contributed by atoms with Crippen LogP contribution in [0.4, 0.5) is 10.1 Å². The maximum atomic E-state index is 13.8. The summed E-state index contributed by atoms with van der Waals surface area (Å²) in [6.45, 7) is 1.71. The summed E-state index contributed by atoms with van der Waals surface area (Å²) in [5, 5.41) is 7.02. The second-order valence-corrected chi connectivity index (χ2v) is 7.44. The van der Waals surface area contributed by atoms with Crippen LogP contribution >= 0.6 is 23.2 Å². The molecule has 0 bridgehead atoms. The molecule has 0 radical (unpaired) electrons. The summed E-state index contributed by atoms with van der Waals surface area (Å²) in [7, 11) is 0. The number of hydrogen-bond acceptors (Lipinski definition) is 4. The van der Waals surface area contributed by atoms with Crippen LogP contribution in [0.15, 0.2) is 65.8 Å². The molecule has 0 spiro atoms. The van der Waals surface area contributed by atoms with E-state index in [1.54, 1.807) is 55.5 Å². The lowest BCUT2D eigenvalue weighted by Crippen LogP contribution is -2.32. The van der Waals surface area contributed by atoms with Crippen molar-refractivity contribution < 1.29 is 18.7 Å². The summed E-state index contributed by atoms with van der Waals surface area (Å²) in [5.41, 5.74) is 4.16. The van der Waals surface area contributed by atoms with Crippen molar-refractivity contribution in [1.29, 1.82) is 0 Å². The smallest absolute Gasteiger partial charge is 0.329 e. The molecule has 0 fully saturated rings. The molecule has 0 aliphatic rings. The fraction of sp³-hybridized carbons (Fsp3) is 0.0870. The molecule has 164 valence electrons. The number of halogens is 3. The molecule has 2 amide bonds. The minimum atomic E-state index is -0.928. The SMILES string of the molecule is Cc1c(Cl)cccc1NC(=O)C(=O)N/N=C/c1ccc(OCc2c(F)cccc2Cl)cc1. The monoisotopic (exact) mass is 473 g/mol. The lowest BCUT2D eigenvalue weighted by atomic mass is 10.2. The molecule has 3 aromatic carbocycles. The van der Waals surface area contributed by atoms with Gasteiger partial charge in [-0.05, 0) is 66.6 Å². The van der Waals surface area contributed by atoms with Crippen molar-refractivity contribution in [2.45, 2.75) is 13.5 Å². The van der Waals surface area contributed by atoms with Gasteiger partial charge in [0, 0.05) is 16.3 Å². The highest BCUT2D eigenvalue weighted by atomic mass is 35.5. The maximum absolute atomic E-state index is 13.8. The normalized spacial score (nSPS) is 10.8. The Morgan fingerprint density at radius 1 is 1.00 bits per heavy atom. The molecule has 6 nitrogen and oxygen atoms in total. The van der Waals surface area contributed by atoms with Crippen molar-refractivity contribution in [3.63, 3.8) is 0 Å². The van der Waals surface area contributed by atoms with Crippen molar-refractivity contribution >= 4 is 46.9 Å². The summed E-state index contributed by atoms with van der Waals surface area (Å²) in [4.78, 5) is 23.9. The van der Waals surface area contributed by atoms with E-state index in [0.29, 0.717) is 32.6 Å². The molecule has 3 aromatic rings. The third-order valence-electron chi connectivity index (χ3n) is 4.43. The number of nitrogens with zero attached hydrogens (tertiary/aromatic N) is 1. The number of ether oxygens (including phenoxy) is 1. The van der Waals surface area contributed by atoms with Gasteiger partial charge in [-0.2, -0.15) is 5.10 Å². The van der Waals surface area contributed by atoms with E-state index in [2.05, 4.69) is 15.8 Å². The zero-order valence-electron chi connectivity index (χ0n) is 16.9. The second kappa shape index (κ2) is 10.7. The van der Waals surface area contributed by atoms with Gasteiger partial charge in [0.15, 0.2) is 0 Å². The Labute approximate surface area is 194 Å². The van der Waals surface area contributed by atoms with Gasteiger partial charge in [0.1, 0.15) is 18.2 Å². The minimum absolute atomic E-state index is 0.0176. The zero-order chi connectivity index (χ0) is 23.1. The van der Waals surface area contributed by atoms with Crippen molar-refractivity contribution in [3.05, 3.63) is 93.2 Å². The Kier molecular flexibility index (Phi) is 7.81. The van der Waals surface area contributed by atoms with Crippen molar-refractivity contribution in [1.82, 2.24) is 5.43 Å². The van der Waals surface area contributed by atoms with Crippen LogP contribution in [0.2, 0.25) is 10.0 Å². The van der Waals surface area contributed by atoms with E-state index < -0.39 is 17.6 Å². The molecule has 0 unspecified atom stereocenters. The molecule has 0 heterocycles. The predicted octanol–water partition coefficient (Wildman–Crippen LogP) is 5.11. The van der Waals surface area contributed by atoms with Gasteiger partial charge >= 0.3 is 11.8 Å². The number of anilines is 1. The summed E-state index contributed by atoms with van der Waals surface area (Å²) >= 11 is 12.0. The molecule has 0 aliphatic heterocycles. The standard InChI is InChI=1S/C23H18Cl2FN3O3/c1-14-18(24)4-3-7-21(14)28-22(30)23(31)29-27-12-15-8-10-16(11-9-15)32-13-17-19(25)5-2-6-20(17)26/h2-12H,13H2,1H3,(H,28,30)(H,29,31)/b27-12+.